The number of aliphatic hydroxyl groups is 1. The van der Waals surface area contributed by atoms with Crippen molar-refractivity contribution in [2.75, 3.05) is 20.3 Å². The minimum atomic E-state index is -4.78. The number of Topliss-reactive ketones (excluding diaryl/α,β-unsaturated/α-hetero) is 1. The predicted molar refractivity (Wildman–Crippen MR) is 49.9 cm³/mol. The van der Waals surface area contributed by atoms with Crippen molar-refractivity contribution in [1.29, 1.82) is 0 Å². The van der Waals surface area contributed by atoms with Gasteiger partial charge in [0.05, 0.1) is 13.2 Å². The zero-order chi connectivity index (χ0) is 12.1. The molecular formula is C7H14NaO7S+. The van der Waals surface area contributed by atoms with Gasteiger partial charge < -0.3 is 14.6 Å². The topological polar surface area (TPSA) is 110 Å². The Morgan fingerprint density at radius 3 is 2.25 bits per heavy atom. The Bertz CT molecular complexity index is 302. The summed E-state index contributed by atoms with van der Waals surface area (Å²) in [5, 5.41) is 8.88. The number of aliphatic hydroxyl groups excluding tert-OH is 1. The first-order valence-corrected chi connectivity index (χ1v) is 5.59. The van der Waals surface area contributed by atoms with Crippen molar-refractivity contribution in [2.24, 2.45) is 0 Å². The average Bonchev–Trinajstić information content (AvgIpc) is 2.14. The fourth-order valence-corrected chi connectivity index (χ4v) is 1.22. The minimum Gasteiger partial charge on any atom is -0.382 e. The number of carbonyl (C=O) groups is 1. The quantitative estimate of drug-likeness (QED) is 0.273. The molecule has 7 nitrogen and oxygen atoms in total. The maximum absolute atomic E-state index is 11.1. The van der Waals surface area contributed by atoms with Gasteiger partial charge in [0.1, 0.15) is 6.10 Å². The van der Waals surface area contributed by atoms with Crippen LogP contribution >= 0.6 is 0 Å². The van der Waals surface area contributed by atoms with Gasteiger partial charge >= 0.3 is 29.6 Å². The molecule has 2 N–H and O–H groups in total. The Hall–Kier alpha value is 0.460. The van der Waals surface area contributed by atoms with Gasteiger partial charge in [0.15, 0.2) is 0 Å². The molecule has 0 aliphatic carbocycles. The van der Waals surface area contributed by atoms with Gasteiger partial charge in [-0.2, -0.15) is 8.42 Å². The third-order valence-corrected chi connectivity index (χ3v) is 2.38. The van der Waals surface area contributed by atoms with E-state index in [0.717, 1.165) is 0 Å². The SMILES string of the molecule is COCCOC(C)C(=O)C(O)S(=O)(=O)O.[Na+]. The van der Waals surface area contributed by atoms with Crippen molar-refractivity contribution in [2.45, 2.75) is 18.5 Å². The monoisotopic (exact) mass is 265 g/mol. The van der Waals surface area contributed by atoms with Crippen molar-refractivity contribution >= 4 is 15.9 Å². The van der Waals surface area contributed by atoms with Crippen LogP contribution in [0.2, 0.25) is 0 Å². The van der Waals surface area contributed by atoms with Crippen molar-refractivity contribution < 1.29 is 61.9 Å². The Morgan fingerprint density at radius 1 is 1.38 bits per heavy atom. The summed E-state index contributed by atoms with van der Waals surface area (Å²) in [5.41, 5.74) is -2.46. The van der Waals surface area contributed by atoms with E-state index in [4.69, 9.17) is 14.4 Å². The normalized spacial score (nSPS) is 15.0. The molecule has 0 bridgehead atoms. The van der Waals surface area contributed by atoms with Gasteiger partial charge in [0.2, 0.25) is 11.2 Å². The van der Waals surface area contributed by atoms with E-state index in [1.54, 1.807) is 0 Å². The average molecular weight is 265 g/mol. The molecule has 0 aromatic rings. The van der Waals surface area contributed by atoms with Crippen LogP contribution in [0, 0.1) is 0 Å². The van der Waals surface area contributed by atoms with Gasteiger partial charge in [-0.1, -0.05) is 0 Å². The van der Waals surface area contributed by atoms with Gasteiger partial charge in [-0.3, -0.25) is 9.35 Å². The molecule has 0 saturated heterocycles. The van der Waals surface area contributed by atoms with Crippen molar-refractivity contribution in [3.63, 3.8) is 0 Å². The number of carbonyl (C=O) groups excluding carboxylic acids is 1. The van der Waals surface area contributed by atoms with E-state index in [1.807, 2.05) is 0 Å². The molecule has 0 amide bonds. The standard InChI is InChI=1S/C7H14O7S.Na/c1-5(14-4-3-13-2)6(8)7(9)15(10,11)12;/h5,7,9H,3-4H2,1-2H3,(H,10,11,12);/q;+1. The summed E-state index contributed by atoms with van der Waals surface area (Å²) in [6.45, 7) is 1.59. The summed E-state index contributed by atoms with van der Waals surface area (Å²) in [4.78, 5) is 11.1. The van der Waals surface area contributed by atoms with Crippen molar-refractivity contribution in [3.8, 4) is 0 Å². The molecule has 0 rings (SSSR count). The van der Waals surface area contributed by atoms with Crippen LogP contribution in [0.5, 0.6) is 0 Å². The van der Waals surface area contributed by atoms with Crippen molar-refractivity contribution in [1.82, 2.24) is 0 Å². The number of rotatable bonds is 7. The number of ether oxygens (including phenoxy) is 2. The maximum Gasteiger partial charge on any atom is 1.00 e. The van der Waals surface area contributed by atoms with Gasteiger partial charge in [-0.25, -0.2) is 0 Å². The van der Waals surface area contributed by atoms with Gasteiger partial charge in [-0.05, 0) is 6.92 Å². The minimum absolute atomic E-state index is 0. The van der Waals surface area contributed by atoms with Crippen LogP contribution in [0.15, 0.2) is 0 Å². The molecule has 0 aliphatic rings. The molecule has 0 saturated carbocycles. The molecule has 2 atom stereocenters. The summed E-state index contributed by atoms with van der Waals surface area (Å²) in [6, 6.07) is 0. The molecule has 90 valence electrons. The molecule has 0 heterocycles. The second-order valence-corrected chi connectivity index (χ2v) is 4.25. The first kappa shape index (κ1) is 18.8. The van der Waals surface area contributed by atoms with Gasteiger partial charge in [-0.15, -0.1) is 0 Å². The zero-order valence-electron chi connectivity index (χ0n) is 9.41. The Kier molecular flexibility index (Phi) is 10.0. The molecule has 0 spiro atoms. The molecule has 0 aliphatic heterocycles. The van der Waals surface area contributed by atoms with Crippen LogP contribution in [0.1, 0.15) is 6.92 Å². The Balaban J connectivity index is 0. The van der Waals surface area contributed by atoms with E-state index >= 15 is 0 Å². The van der Waals surface area contributed by atoms with Crippen LogP contribution < -0.4 is 29.6 Å². The van der Waals surface area contributed by atoms with Crippen LogP contribution in [-0.2, 0) is 24.4 Å². The van der Waals surface area contributed by atoms with Gasteiger partial charge in [0, 0.05) is 7.11 Å². The van der Waals surface area contributed by atoms with Crippen LogP contribution in [0.25, 0.3) is 0 Å². The zero-order valence-corrected chi connectivity index (χ0v) is 12.2. The molecule has 9 heteroatoms. The largest absolute Gasteiger partial charge is 1.00 e. The Labute approximate surface area is 116 Å². The first-order valence-electron chi connectivity index (χ1n) is 4.09. The molecule has 0 fully saturated rings. The number of hydrogen-bond donors (Lipinski definition) is 2. The fraction of sp³-hybridized carbons (Fsp3) is 0.857. The summed E-state index contributed by atoms with van der Waals surface area (Å²) < 4.78 is 38.7. The van der Waals surface area contributed by atoms with Crippen LogP contribution in [0.4, 0.5) is 0 Å². The van der Waals surface area contributed by atoms with E-state index in [2.05, 4.69) is 4.74 Å². The smallest absolute Gasteiger partial charge is 0.382 e. The summed E-state index contributed by atoms with van der Waals surface area (Å²) >= 11 is 0. The van der Waals surface area contributed by atoms with Crippen LogP contribution in [0.3, 0.4) is 0 Å². The van der Waals surface area contributed by atoms with Crippen LogP contribution in [-0.4, -0.2) is 55.7 Å². The van der Waals surface area contributed by atoms with E-state index in [-0.39, 0.29) is 42.8 Å². The molecule has 16 heavy (non-hydrogen) atoms. The molecule has 0 aromatic carbocycles. The van der Waals surface area contributed by atoms with E-state index in [0.29, 0.717) is 0 Å². The summed E-state index contributed by atoms with van der Waals surface area (Å²) in [5.74, 6) is -1.12. The third kappa shape index (κ3) is 6.92. The maximum atomic E-state index is 11.1. The number of methoxy groups -OCH3 is 1. The van der Waals surface area contributed by atoms with Crippen molar-refractivity contribution in [3.05, 3.63) is 0 Å². The second-order valence-electron chi connectivity index (χ2n) is 2.78. The predicted octanol–water partition coefficient (Wildman–Crippen LogP) is -4.18. The molecule has 0 aromatic heterocycles. The van der Waals surface area contributed by atoms with Gasteiger partial charge in [0.25, 0.3) is 10.1 Å². The van der Waals surface area contributed by atoms with E-state index in [1.165, 1.54) is 14.0 Å². The van der Waals surface area contributed by atoms with E-state index in [9.17, 15) is 13.2 Å². The molecule has 0 radical (unpaired) electrons. The second kappa shape index (κ2) is 8.54. The number of hydrogen-bond acceptors (Lipinski definition) is 6. The fourth-order valence-electron chi connectivity index (χ4n) is 0.738. The molecule has 2 unspecified atom stereocenters. The van der Waals surface area contributed by atoms with E-state index < -0.39 is 27.4 Å². The molecular weight excluding hydrogens is 251 g/mol. The summed E-state index contributed by atoms with van der Waals surface area (Å²) in [6.07, 6.45) is -1.13. The first-order chi connectivity index (χ1) is 6.80. The Morgan fingerprint density at radius 2 is 1.88 bits per heavy atom. The number of ketones is 1. The summed E-state index contributed by atoms with van der Waals surface area (Å²) in [7, 11) is -3.35. The third-order valence-electron chi connectivity index (χ3n) is 1.58.